The van der Waals surface area contributed by atoms with Crippen molar-refractivity contribution in [2.45, 2.75) is 57.7 Å². The van der Waals surface area contributed by atoms with Gasteiger partial charge in [0.25, 0.3) is 0 Å². The van der Waals surface area contributed by atoms with Crippen LogP contribution in [0.1, 0.15) is 54.1 Å². The van der Waals surface area contributed by atoms with Gasteiger partial charge in [0.2, 0.25) is 11.8 Å². The minimum absolute atomic E-state index is 0.0600. The van der Waals surface area contributed by atoms with E-state index in [1.165, 1.54) is 0 Å². The molecule has 1 aliphatic carbocycles. The number of aromatic nitrogens is 4. The van der Waals surface area contributed by atoms with Crippen LogP contribution < -0.4 is 10.6 Å². The van der Waals surface area contributed by atoms with Crippen molar-refractivity contribution >= 4 is 21.8 Å². The van der Waals surface area contributed by atoms with Crippen LogP contribution >= 0.6 is 0 Å². The molecule has 0 bridgehead atoms. The van der Waals surface area contributed by atoms with Crippen molar-refractivity contribution in [2.75, 3.05) is 18.1 Å². The second-order valence-corrected chi connectivity index (χ2v) is 14.8. The van der Waals surface area contributed by atoms with Crippen LogP contribution in [-0.2, 0) is 34.1 Å². The number of nitrogens with zero attached hydrogens (tertiary/aromatic N) is 5. The molecular weight excluding hydrogens is 594 g/mol. The maximum Gasteiger partial charge on any atom is 0.318 e. The molecule has 4 heterocycles. The molecule has 13 heteroatoms. The highest BCUT2D eigenvalue weighted by molar-refractivity contribution is 7.91. The Bertz CT molecular complexity index is 1890. The summed E-state index contributed by atoms with van der Waals surface area (Å²) in [6.07, 6.45) is 5.31. The Morgan fingerprint density at radius 1 is 1.16 bits per heavy atom. The van der Waals surface area contributed by atoms with E-state index in [1.807, 2.05) is 35.1 Å². The molecular formula is C32H35N7O5S. The first kappa shape index (κ1) is 29.2. The van der Waals surface area contributed by atoms with E-state index < -0.39 is 15.4 Å². The molecule has 3 unspecified atom stereocenters. The van der Waals surface area contributed by atoms with E-state index in [-0.39, 0.29) is 35.3 Å². The van der Waals surface area contributed by atoms with Crippen molar-refractivity contribution in [3.8, 4) is 16.8 Å². The molecule has 3 amide bonds. The molecule has 3 aliphatic rings. The average Bonchev–Trinajstić information content (AvgIpc) is 3.28. The van der Waals surface area contributed by atoms with Crippen LogP contribution in [0.5, 0.6) is 0 Å². The number of hydrogen-bond donors (Lipinski definition) is 2. The summed E-state index contributed by atoms with van der Waals surface area (Å²) in [6.45, 7) is 4.68. The molecule has 2 fully saturated rings. The van der Waals surface area contributed by atoms with Crippen LogP contribution in [0.4, 0.5) is 4.79 Å². The summed E-state index contributed by atoms with van der Waals surface area (Å²) in [6, 6.07) is 13.9. The third kappa shape index (κ3) is 5.96. The Labute approximate surface area is 261 Å². The van der Waals surface area contributed by atoms with Gasteiger partial charge in [0.15, 0.2) is 15.7 Å². The fraction of sp³-hybridized carbons (Fsp3) is 0.406. The summed E-state index contributed by atoms with van der Waals surface area (Å²) in [5, 5.41) is 14.3. The second-order valence-electron chi connectivity index (χ2n) is 12.6. The Balaban J connectivity index is 1.15. The van der Waals surface area contributed by atoms with Crippen LogP contribution in [0.2, 0.25) is 0 Å². The molecule has 45 heavy (non-hydrogen) atoms. The number of carbonyl (C=O) groups is 2. The number of amides is 3. The zero-order valence-corrected chi connectivity index (χ0v) is 26.0. The predicted molar refractivity (Wildman–Crippen MR) is 165 cm³/mol. The average molecular weight is 630 g/mol. The SMILES string of the molecule is Cc1noc(C2CC2C(=O)NCc2ccc(-c3cccc(-n4cccn4)c3)c3c2CN(C(=O)NC2(C)CCS(=O)(=O)C2)CC3)n1. The van der Waals surface area contributed by atoms with Gasteiger partial charge in [-0.3, -0.25) is 4.79 Å². The lowest BCUT2D eigenvalue weighted by Gasteiger charge is -2.35. The Hall–Kier alpha value is -4.52. The molecule has 4 aromatic rings. The van der Waals surface area contributed by atoms with Gasteiger partial charge in [-0.15, -0.1) is 0 Å². The molecule has 12 nitrogen and oxygen atoms in total. The molecule has 1 saturated carbocycles. The van der Waals surface area contributed by atoms with Crippen LogP contribution in [0.25, 0.3) is 16.8 Å². The summed E-state index contributed by atoms with van der Waals surface area (Å²) in [4.78, 5) is 32.6. The fourth-order valence-electron chi connectivity index (χ4n) is 6.57. The summed E-state index contributed by atoms with van der Waals surface area (Å²) in [7, 11) is -3.17. The minimum atomic E-state index is -3.17. The van der Waals surface area contributed by atoms with Gasteiger partial charge in [0.05, 0.1) is 34.6 Å². The number of benzene rings is 2. The van der Waals surface area contributed by atoms with Gasteiger partial charge in [-0.05, 0) is 79.1 Å². The van der Waals surface area contributed by atoms with E-state index in [9.17, 15) is 18.0 Å². The van der Waals surface area contributed by atoms with Gasteiger partial charge in [-0.2, -0.15) is 10.1 Å². The maximum atomic E-state index is 13.5. The van der Waals surface area contributed by atoms with Gasteiger partial charge in [-0.25, -0.2) is 17.9 Å². The quantitative estimate of drug-likeness (QED) is 0.316. The summed E-state index contributed by atoms with van der Waals surface area (Å²) < 4.78 is 31.4. The largest absolute Gasteiger partial charge is 0.352 e. The van der Waals surface area contributed by atoms with Gasteiger partial charge >= 0.3 is 6.03 Å². The van der Waals surface area contributed by atoms with Crippen molar-refractivity contribution in [1.29, 1.82) is 0 Å². The number of carbonyl (C=O) groups excluding carboxylic acids is 2. The van der Waals surface area contributed by atoms with Crippen molar-refractivity contribution in [1.82, 2.24) is 35.5 Å². The Kier molecular flexibility index (Phi) is 7.22. The van der Waals surface area contributed by atoms with Gasteiger partial charge in [0.1, 0.15) is 0 Å². The van der Waals surface area contributed by atoms with Crippen LogP contribution in [0, 0.1) is 12.8 Å². The van der Waals surface area contributed by atoms with Gasteiger partial charge < -0.3 is 20.1 Å². The van der Waals surface area contributed by atoms with E-state index in [2.05, 4.69) is 44.1 Å². The molecule has 2 aromatic heterocycles. The van der Waals surface area contributed by atoms with E-state index in [0.717, 1.165) is 33.5 Å². The monoisotopic (exact) mass is 629 g/mol. The minimum Gasteiger partial charge on any atom is -0.352 e. The molecule has 0 spiro atoms. The third-order valence-electron chi connectivity index (χ3n) is 9.08. The number of fused-ring (bicyclic) bond motifs is 1. The van der Waals surface area contributed by atoms with Crippen molar-refractivity contribution in [2.24, 2.45) is 5.92 Å². The van der Waals surface area contributed by atoms with Gasteiger partial charge in [-0.1, -0.05) is 29.4 Å². The number of sulfone groups is 1. The number of hydrogen-bond acceptors (Lipinski definition) is 8. The van der Waals surface area contributed by atoms with Crippen LogP contribution in [0.3, 0.4) is 0 Å². The Morgan fingerprint density at radius 2 is 2.02 bits per heavy atom. The van der Waals surface area contributed by atoms with E-state index >= 15 is 0 Å². The highest BCUT2D eigenvalue weighted by Gasteiger charge is 2.47. The Morgan fingerprint density at radius 3 is 2.76 bits per heavy atom. The number of rotatable bonds is 7. The smallest absolute Gasteiger partial charge is 0.318 e. The van der Waals surface area contributed by atoms with Crippen molar-refractivity contribution in [3.05, 3.63) is 83.3 Å². The van der Waals surface area contributed by atoms with Crippen LogP contribution in [-0.4, -0.2) is 68.8 Å². The van der Waals surface area contributed by atoms with Crippen molar-refractivity contribution in [3.63, 3.8) is 0 Å². The molecule has 0 radical (unpaired) electrons. The molecule has 234 valence electrons. The number of aryl methyl sites for hydroxylation is 1. The molecule has 3 atom stereocenters. The van der Waals surface area contributed by atoms with Crippen LogP contribution in [0.15, 0.2) is 59.4 Å². The van der Waals surface area contributed by atoms with E-state index in [1.54, 1.807) is 24.9 Å². The first-order chi connectivity index (χ1) is 21.6. The highest BCUT2D eigenvalue weighted by atomic mass is 32.2. The second kappa shape index (κ2) is 11.1. The maximum absolute atomic E-state index is 13.5. The van der Waals surface area contributed by atoms with E-state index in [0.29, 0.717) is 50.6 Å². The third-order valence-corrected chi connectivity index (χ3v) is 11.0. The summed E-state index contributed by atoms with van der Waals surface area (Å²) >= 11 is 0. The summed E-state index contributed by atoms with van der Waals surface area (Å²) in [5.74, 6) is 0.717. The standard InChI is InChI=1S/C32H35N7O5S/c1-20-35-30(44-37-20)27-16-26(27)29(40)33-17-22-7-8-24(21-5-3-6-23(15-21)39-12-4-11-34-39)25-9-13-38(18-28(22)25)31(41)36-32(2)10-14-45(42,43)19-32/h3-8,11-12,15,26-27H,9-10,13-14,16-19H2,1-2H3,(H,33,40)(H,36,41). The molecule has 2 N–H and O–H groups in total. The normalized spacial score (nSPS) is 23.4. The number of urea groups is 1. The topological polar surface area (TPSA) is 152 Å². The predicted octanol–water partition coefficient (Wildman–Crippen LogP) is 3.30. The first-order valence-electron chi connectivity index (χ1n) is 15.2. The number of nitrogens with one attached hydrogen (secondary N) is 2. The zero-order valence-electron chi connectivity index (χ0n) is 25.2. The molecule has 2 aromatic carbocycles. The highest BCUT2D eigenvalue weighted by Crippen LogP contribution is 2.47. The molecule has 7 rings (SSSR count). The lowest BCUT2D eigenvalue weighted by Crippen LogP contribution is -2.53. The van der Waals surface area contributed by atoms with Crippen molar-refractivity contribution < 1.29 is 22.5 Å². The molecule has 2 aliphatic heterocycles. The lowest BCUT2D eigenvalue weighted by molar-refractivity contribution is -0.122. The first-order valence-corrected chi connectivity index (χ1v) is 17.0. The fourth-order valence-corrected chi connectivity index (χ4v) is 8.66. The van der Waals surface area contributed by atoms with Gasteiger partial charge in [0, 0.05) is 32.0 Å². The lowest BCUT2D eigenvalue weighted by atomic mass is 9.87. The molecule has 1 saturated heterocycles. The van der Waals surface area contributed by atoms with E-state index in [4.69, 9.17) is 4.52 Å². The zero-order chi connectivity index (χ0) is 31.3. The summed E-state index contributed by atoms with van der Waals surface area (Å²) in [5.41, 5.74) is 5.30.